The highest BCUT2D eigenvalue weighted by Crippen LogP contribution is 2.37. The van der Waals surface area contributed by atoms with E-state index < -0.39 is 6.29 Å². The first-order chi connectivity index (χ1) is 14.1. The van der Waals surface area contributed by atoms with Crippen LogP contribution in [0.1, 0.15) is 29.9 Å². The Balaban J connectivity index is 1.58. The first kappa shape index (κ1) is 19.0. The maximum atomic E-state index is 14.1. The second-order valence-electron chi connectivity index (χ2n) is 6.69. The quantitative estimate of drug-likeness (QED) is 0.665. The first-order valence-electron chi connectivity index (χ1n) is 9.24. The van der Waals surface area contributed by atoms with Crippen molar-refractivity contribution in [3.63, 3.8) is 0 Å². The van der Waals surface area contributed by atoms with Crippen molar-refractivity contribution in [3.05, 3.63) is 89.2 Å². The van der Waals surface area contributed by atoms with Crippen LogP contribution in [-0.4, -0.2) is 5.91 Å². The average molecular weight is 393 g/mol. The molecule has 0 aromatic heterocycles. The summed E-state index contributed by atoms with van der Waals surface area (Å²) in [5.41, 5.74) is 2.63. The molecule has 1 amide bonds. The minimum absolute atomic E-state index is 0.0815. The van der Waals surface area contributed by atoms with Crippen LogP contribution >= 0.6 is 0 Å². The van der Waals surface area contributed by atoms with Crippen molar-refractivity contribution in [2.75, 3.05) is 5.32 Å². The second kappa shape index (κ2) is 8.32. The van der Waals surface area contributed by atoms with Crippen molar-refractivity contribution in [1.29, 1.82) is 0 Å². The Bertz CT molecular complexity index is 1020. The molecule has 0 bridgehead atoms. The number of hydrogen-bond donors (Lipinski definition) is 1. The zero-order chi connectivity index (χ0) is 20.2. The van der Waals surface area contributed by atoms with Crippen LogP contribution in [-0.2, 0) is 22.7 Å². The molecule has 0 aliphatic carbocycles. The standard InChI is InChI=1S/C23H20FNO4/c1-15(26)25-20-9-5-6-10-21(20)27-13-17-11-19(24)12-18-14-28-23(29-22(17)18)16-7-3-2-4-8-16/h2-12,23H,13-14H2,1H3,(H,25,26). The number of hydrogen-bond acceptors (Lipinski definition) is 4. The molecule has 0 radical (unpaired) electrons. The van der Waals surface area contributed by atoms with Crippen LogP contribution in [0.4, 0.5) is 10.1 Å². The number of halogens is 1. The second-order valence-corrected chi connectivity index (χ2v) is 6.69. The van der Waals surface area contributed by atoms with Gasteiger partial charge in [0.05, 0.1) is 12.3 Å². The van der Waals surface area contributed by atoms with Crippen LogP contribution in [0.3, 0.4) is 0 Å². The fraction of sp³-hybridized carbons (Fsp3) is 0.174. The summed E-state index contributed by atoms with van der Waals surface area (Å²) in [6.07, 6.45) is -0.570. The van der Waals surface area contributed by atoms with Crippen LogP contribution in [0, 0.1) is 5.82 Å². The first-order valence-corrected chi connectivity index (χ1v) is 9.24. The Labute approximate surface area is 168 Å². The van der Waals surface area contributed by atoms with Crippen molar-refractivity contribution in [2.24, 2.45) is 0 Å². The van der Waals surface area contributed by atoms with E-state index in [0.717, 1.165) is 5.56 Å². The summed E-state index contributed by atoms with van der Waals surface area (Å²) >= 11 is 0. The van der Waals surface area contributed by atoms with Crippen molar-refractivity contribution in [2.45, 2.75) is 26.4 Å². The van der Waals surface area contributed by atoms with E-state index in [1.165, 1.54) is 19.1 Å². The Hall–Kier alpha value is -3.38. The van der Waals surface area contributed by atoms with E-state index in [1.807, 2.05) is 30.3 Å². The average Bonchev–Trinajstić information content (AvgIpc) is 2.73. The summed E-state index contributed by atoms with van der Waals surface area (Å²) in [4.78, 5) is 11.4. The van der Waals surface area contributed by atoms with Crippen molar-refractivity contribution in [3.8, 4) is 11.5 Å². The third-order valence-electron chi connectivity index (χ3n) is 4.48. The van der Waals surface area contributed by atoms with E-state index in [-0.39, 0.29) is 24.9 Å². The Morgan fingerprint density at radius 3 is 2.69 bits per heavy atom. The van der Waals surface area contributed by atoms with E-state index in [1.54, 1.807) is 24.3 Å². The molecular formula is C23H20FNO4. The molecule has 0 spiro atoms. The number of amides is 1. The zero-order valence-corrected chi connectivity index (χ0v) is 15.9. The lowest BCUT2D eigenvalue weighted by molar-refractivity contribution is -0.114. The normalized spacial score (nSPS) is 15.2. The lowest BCUT2D eigenvalue weighted by Gasteiger charge is -2.28. The van der Waals surface area contributed by atoms with Crippen molar-refractivity contribution < 1.29 is 23.4 Å². The SMILES string of the molecule is CC(=O)Nc1ccccc1OCc1cc(F)cc2c1OC(c1ccccc1)OC2. The highest BCUT2D eigenvalue weighted by atomic mass is 19.1. The molecule has 0 saturated carbocycles. The van der Waals surface area contributed by atoms with E-state index in [9.17, 15) is 9.18 Å². The van der Waals surface area contributed by atoms with E-state index in [0.29, 0.717) is 28.3 Å². The monoisotopic (exact) mass is 393 g/mol. The van der Waals surface area contributed by atoms with Gasteiger partial charge < -0.3 is 19.5 Å². The summed E-state index contributed by atoms with van der Waals surface area (Å²) in [7, 11) is 0. The predicted octanol–water partition coefficient (Wildman–Crippen LogP) is 4.97. The van der Waals surface area contributed by atoms with Crippen LogP contribution < -0.4 is 14.8 Å². The zero-order valence-electron chi connectivity index (χ0n) is 15.9. The van der Waals surface area contributed by atoms with Gasteiger partial charge in [-0.1, -0.05) is 42.5 Å². The number of carbonyl (C=O) groups excluding carboxylic acids is 1. The predicted molar refractivity (Wildman–Crippen MR) is 106 cm³/mol. The fourth-order valence-corrected chi connectivity index (χ4v) is 3.20. The van der Waals surface area contributed by atoms with Gasteiger partial charge in [0.2, 0.25) is 12.2 Å². The van der Waals surface area contributed by atoms with Gasteiger partial charge in [-0.05, 0) is 24.3 Å². The lowest BCUT2D eigenvalue weighted by atomic mass is 10.1. The molecule has 1 aliphatic rings. The topological polar surface area (TPSA) is 56.8 Å². The van der Waals surface area contributed by atoms with Gasteiger partial charge in [-0.15, -0.1) is 0 Å². The highest BCUT2D eigenvalue weighted by Gasteiger charge is 2.25. The summed E-state index contributed by atoms with van der Waals surface area (Å²) in [5.74, 6) is 0.467. The number of anilines is 1. The Morgan fingerprint density at radius 1 is 1.14 bits per heavy atom. The van der Waals surface area contributed by atoms with Crippen molar-refractivity contribution in [1.82, 2.24) is 0 Å². The van der Waals surface area contributed by atoms with Gasteiger partial charge in [0.25, 0.3) is 0 Å². The minimum atomic E-state index is -0.570. The number of nitrogens with one attached hydrogen (secondary N) is 1. The summed E-state index contributed by atoms with van der Waals surface area (Å²) < 4.78 is 31.8. The third-order valence-corrected chi connectivity index (χ3v) is 4.48. The largest absolute Gasteiger partial charge is 0.487 e. The van der Waals surface area contributed by atoms with Gasteiger partial charge in [-0.25, -0.2) is 4.39 Å². The van der Waals surface area contributed by atoms with Gasteiger partial charge in [0.15, 0.2) is 0 Å². The number of rotatable bonds is 5. The molecule has 0 saturated heterocycles. The van der Waals surface area contributed by atoms with Crippen LogP contribution in [0.2, 0.25) is 0 Å². The summed E-state index contributed by atoms with van der Waals surface area (Å²) in [5, 5.41) is 2.72. The molecule has 29 heavy (non-hydrogen) atoms. The number of para-hydroxylation sites is 2. The van der Waals surface area contributed by atoms with E-state index in [4.69, 9.17) is 14.2 Å². The summed E-state index contributed by atoms with van der Waals surface area (Å²) in [6, 6.07) is 19.5. The molecule has 1 aliphatic heterocycles. The minimum Gasteiger partial charge on any atom is -0.487 e. The molecule has 3 aromatic rings. The number of benzene rings is 3. The molecule has 1 N–H and O–H groups in total. The Morgan fingerprint density at radius 2 is 1.90 bits per heavy atom. The van der Waals surface area contributed by atoms with Crippen molar-refractivity contribution >= 4 is 11.6 Å². The molecule has 1 heterocycles. The molecular weight excluding hydrogens is 373 g/mol. The van der Waals surface area contributed by atoms with E-state index >= 15 is 0 Å². The molecule has 1 atom stereocenters. The smallest absolute Gasteiger partial charge is 0.227 e. The maximum absolute atomic E-state index is 14.1. The highest BCUT2D eigenvalue weighted by molar-refractivity contribution is 5.90. The number of fused-ring (bicyclic) bond motifs is 1. The van der Waals surface area contributed by atoms with Crippen LogP contribution in [0.5, 0.6) is 11.5 Å². The number of carbonyl (C=O) groups is 1. The van der Waals surface area contributed by atoms with Gasteiger partial charge in [-0.2, -0.15) is 0 Å². The molecule has 0 fully saturated rings. The molecule has 5 nitrogen and oxygen atoms in total. The lowest BCUT2D eigenvalue weighted by Crippen LogP contribution is -2.20. The molecule has 3 aromatic carbocycles. The molecule has 148 valence electrons. The van der Waals surface area contributed by atoms with E-state index in [2.05, 4.69) is 5.32 Å². The fourth-order valence-electron chi connectivity index (χ4n) is 3.20. The summed E-state index contributed by atoms with van der Waals surface area (Å²) in [6.45, 7) is 1.75. The van der Waals surface area contributed by atoms with Gasteiger partial charge >= 0.3 is 0 Å². The van der Waals surface area contributed by atoms with Gasteiger partial charge in [0.1, 0.15) is 23.9 Å². The van der Waals surface area contributed by atoms with Gasteiger partial charge in [-0.3, -0.25) is 4.79 Å². The Kier molecular flexibility index (Phi) is 5.44. The third kappa shape index (κ3) is 4.38. The maximum Gasteiger partial charge on any atom is 0.227 e. The molecule has 1 unspecified atom stereocenters. The van der Waals surface area contributed by atoms with Crippen LogP contribution in [0.25, 0.3) is 0 Å². The van der Waals surface area contributed by atoms with Gasteiger partial charge in [0, 0.05) is 23.6 Å². The molecule has 4 rings (SSSR count). The number of ether oxygens (including phenoxy) is 3. The molecule has 6 heteroatoms. The van der Waals surface area contributed by atoms with Crippen LogP contribution in [0.15, 0.2) is 66.7 Å².